The Hall–Kier alpha value is -1.46. The first-order valence-corrected chi connectivity index (χ1v) is 5.03. The van der Waals surface area contributed by atoms with Crippen LogP contribution in [-0.4, -0.2) is 31.3 Å². The molecular formula is C9H14N4O2. The van der Waals surface area contributed by atoms with Crippen LogP contribution in [0.25, 0.3) is 0 Å². The van der Waals surface area contributed by atoms with Crippen molar-refractivity contribution in [3.63, 3.8) is 0 Å². The zero-order valence-corrected chi connectivity index (χ0v) is 8.84. The van der Waals surface area contributed by atoms with Crippen LogP contribution in [0.1, 0.15) is 32.5 Å². The van der Waals surface area contributed by atoms with Crippen molar-refractivity contribution >= 4 is 5.97 Å². The van der Waals surface area contributed by atoms with Crippen LogP contribution in [0, 0.1) is 5.92 Å². The summed E-state index contributed by atoms with van der Waals surface area (Å²) in [4.78, 5) is 11.1. The molecule has 82 valence electrons. The molecular weight excluding hydrogens is 196 g/mol. The topological polar surface area (TPSA) is 80.9 Å². The van der Waals surface area contributed by atoms with Gasteiger partial charge in [0.15, 0.2) is 11.4 Å². The average Bonchev–Trinajstić information content (AvgIpc) is 2.81. The zero-order chi connectivity index (χ0) is 11.1. The van der Waals surface area contributed by atoms with E-state index in [0.29, 0.717) is 11.7 Å². The van der Waals surface area contributed by atoms with Gasteiger partial charge in [-0.05, 0) is 43.0 Å². The van der Waals surface area contributed by atoms with Gasteiger partial charge in [-0.3, -0.25) is 0 Å². The number of rotatable bonds is 4. The fraction of sp³-hybridized carbons (Fsp3) is 0.778. The fourth-order valence-corrected chi connectivity index (χ4v) is 1.44. The molecule has 0 bridgehead atoms. The van der Waals surface area contributed by atoms with Gasteiger partial charge in [-0.1, -0.05) is 0 Å². The van der Waals surface area contributed by atoms with Gasteiger partial charge in [0, 0.05) is 6.42 Å². The third-order valence-corrected chi connectivity index (χ3v) is 2.76. The van der Waals surface area contributed by atoms with Crippen molar-refractivity contribution in [1.82, 2.24) is 20.2 Å². The molecule has 6 heteroatoms. The fourth-order valence-electron chi connectivity index (χ4n) is 1.44. The molecule has 0 unspecified atom stereocenters. The van der Waals surface area contributed by atoms with Crippen molar-refractivity contribution in [2.75, 3.05) is 0 Å². The molecule has 0 atom stereocenters. The van der Waals surface area contributed by atoms with E-state index in [1.165, 1.54) is 17.5 Å². The van der Waals surface area contributed by atoms with Crippen molar-refractivity contribution < 1.29 is 9.90 Å². The minimum absolute atomic E-state index is 0.638. The molecule has 6 nitrogen and oxygen atoms in total. The summed E-state index contributed by atoms with van der Waals surface area (Å²) in [6.45, 7) is 3.20. The lowest BCUT2D eigenvalue weighted by atomic mass is 10.1. The Morgan fingerprint density at radius 1 is 1.60 bits per heavy atom. The number of nitrogens with zero attached hydrogens (tertiary/aromatic N) is 4. The summed E-state index contributed by atoms with van der Waals surface area (Å²) in [5.41, 5.74) is -1.08. The summed E-state index contributed by atoms with van der Waals surface area (Å²) in [5, 5.41) is 20.3. The Morgan fingerprint density at radius 3 is 2.80 bits per heavy atom. The zero-order valence-electron chi connectivity index (χ0n) is 8.84. The molecule has 0 amide bonds. The maximum atomic E-state index is 11.1. The van der Waals surface area contributed by atoms with E-state index in [1.807, 2.05) is 0 Å². The summed E-state index contributed by atoms with van der Waals surface area (Å²) in [5.74, 6) is 0.385. The number of hydrogen-bond acceptors (Lipinski definition) is 4. The second kappa shape index (κ2) is 3.29. The highest BCUT2D eigenvalue weighted by atomic mass is 16.4. The Labute approximate surface area is 87.3 Å². The maximum Gasteiger partial charge on any atom is 0.331 e. The van der Waals surface area contributed by atoms with E-state index in [2.05, 4.69) is 15.5 Å². The largest absolute Gasteiger partial charge is 0.479 e. The number of aliphatic carboxylic acids is 1. The lowest BCUT2D eigenvalue weighted by Gasteiger charge is -2.20. The lowest BCUT2D eigenvalue weighted by Crippen LogP contribution is -2.38. The van der Waals surface area contributed by atoms with Gasteiger partial charge in [-0.15, -0.1) is 5.10 Å². The molecule has 0 aromatic carbocycles. The first-order chi connectivity index (χ1) is 7.01. The third-order valence-electron chi connectivity index (χ3n) is 2.76. The molecule has 1 heterocycles. The number of carbonyl (C=O) groups is 1. The van der Waals surface area contributed by atoms with Crippen molar-refractivity contribution in [1.29, 1.82) is 0 Å². The Balaban J connectivity index is 2.26. The SMILES string of the molecule is CC(C)(C(=O)O)n1nnnc1CC1CC1. The second-order valence-electron chi connectivity index (χ2n) is 4.52. The van der Waals surface area contributed by atoms with Gasteiger partial charge < -0.3 is 5.11 Å². The standard InChI is InChI=1S/C9H14N4O2/c1-9(2,8(14)15)13-7(10-11-12-13)5-6-3-4-6/h6H,3-5H2,1-2H3,(H,14,15). The molecule has 0 aliphatic heterocycles. The predicted octanol–water partition coefficient (Wildman–Crippen LogP) is 0.445. The van der Waals surface area contributed by atoms with Gasteiger partial charge in [0.2, 0.25) is 0 Å². The Morgan fingerprint density at radius 2 is 2.27 bits per heavy atom. The molecule has 1 saturated carbocycles. The van der Waals surface area contributed by atoms with E-state index >= 15 is 0 Å². The summed E-state index contributed by atoms with van der Waals surface area (Å²) in [7, 11) is 0. The highest BCUT2D eigenvalue weighted by Crippen LogP contribution is 2.32. The highest BCUT2D eigenvalue weighted by Gasteiger charge is 2.35. The second-order valence-corrected chi connectivity index (χ2v) is 4.52. The third kappa shape index (κ3) is 1.84. The van der Waals surface area contributed by atoms with Crippen molar-refractivity contribution in [3.05, 3.63) is 5.82 Å². The van der Waals surface area contributed by atoms with Crippen LogP contribution in [0.3, 0.4) is 0 Å². The van der Waals surface area contributed by atoms with Crippen molar-refractivity contribution in [2.45, 2.75) is 38.6 Å². The first-order valence-electron chi connectivity index (χ1n) is 5.03. The monoisotopic (exact) mass is 210 g/mol. The van der Waals surface area contributed by atoms with Gasteiger partial charge >= 0.3 is 5.97 Å². The summed E-state index contributed by atoms with van der Waals surface area (Å²) < 4.78 is 1.41. The quantitative estimate of drug-likeness (QED) is 0.780. The normalized spacial score (nSPS) is 16.7. The molecule has 1 aromatic rings. The summed E-state index contributed by atoms with van der Waals surface area (Å²) >= 11 is 0. The van der Waals surface area contributed by atoms with Crippen LogP contribution in [0.15, 0.2) is 0 Å². The molecule has 0 radical (unpaired) electrons. The molecule has 1 aliphatic rings. The van der Waals surface area contributed by atoms with E-state index in [9.17, 15) is 4.79 Å². The molecule has 1 N–H and O–H groups in total. The van der Waals surface area contributed by atoms with E-state index in [4.69, 9.17) is 5.11 Å². The number of hydrogen-bond donors (Lipinski definition) is 1. The Bertz CT molecular complexity index is 381. The maximum absolute atomic E-state index is 11.1. The van der Waals surface area contributed by atoms with Gasteiger partial charge in [0.25, 0.3) is 0 Å². The van der Waals surface area contributed by atoms with Crippen LogP contribution in [0.5, 0.6) is 0 Å². The van der Waals surface area contributed by atoms with Gasteiger partial charge in [0.05, 0.1) is 0 Å². The van der Waals surface area contributed by atoms with Crippen LogP contribution < -0.4 is 0 Å². The Kier molecular flexibility index (Phi) is 2.21. The number of tetrazole rings is 1. The van der Waals surface area contributed by atoms with Crippen LogP contribution in [0.4, 0.5) is 0 Å². The predicted molar refractivity (Wildman–Crippen MR) is 51.2 cm³/mol. The number of carboxylic acid groups (broad SMARTS) is 1. The van der Waals surface area contributed by atoms with Crippen LogP contribution in [-0.2, 0) is 16.8 Å². The summed E-state index contributed by atoms with van der Waals surface area (Å²) in [6.07, 6.45) is 3.17. The molecule has 0 saturated heterocycles. The molecule has 2 rings (SSSR count). The summed E-state index contributed by atoms with van der Waals surface area (Å²) in [6, 6.07) is 0. The number of aromatic nitrogens is 4. The van der Waals surface area contributed by atoms with Crippen LogP contribution >= 0.6 is 0 Å². The molecule has 1 aliphatic carbocycles. The highest BCUT2D eigenvalue weighted by molar-refractivity contribution is 5.75. The smallest absolute Gasteiger partial charge is 0.331 e. The van der Waals surface area contributed by atoms with Gasteiger partial charge in [-0.25, -0.2) is 9.48 Å². The molecule has 1 aromatic heterocycles. The molecule has 1 fully saturated rings. The minimum Gasteiger partial charge on any atom is -0.479 e. The molecule has 15 heavy (non-hydrogen) atoms. The van der Waals surface area contributed by atoms with E-state index in [-0.39, 0.29) is 0 Å². The number of carboxylic acids is 1. The average molecular weight is 210 g/mol. The minimum atomic E-state index is -1.08. The van der Waals surface area contributed by atoms with Gasteiger partial charge in [-0.2, -0.15) is 0 Å². The molecule has 0 spiro atoms. The van der Waals surface area contributed by atoms with Crippen molar-refractivity contribution in [2.24, 2.45) is 5.92 Å². The van der Waals surface area contributed by atoms with Gasteiger partial charge in [0.1, 0.15) is 0 Å². The van der Waals surface area contributed by atoms with E-state index in [1.54, 1.807) is 13.8 Å². The van der Waals surface area contributed by atoms with E-state index < -0.39 is 11.5 Å². The first kappa shape index (κ1) is 10.1. The van der Waals surface area contributed by atoms with E-state index in [0.717, 1.165) is 6.42 Å². The van der Waals surface area contributed by atoms with Crippen LogP contribution in [0.2, 0.25) is 0 Å². The lowest BCUT2D eigenvalue weighted by molar-refractivity contribution is -0.146. The van der Waals surface area contributed by atoms with Crippen molar-refractivity contribution in [3.8, 4) is 0 Å².